The highest BCUT2D eigenvalue weighted by Gasteiger charge is 2.08. The molecule has 0 amide bonds. The summed E-state index contributed by atoms with van der Waals surface area (Å²) in [5.41, 5.74) is 2.05. The van der Waals surface area contributed by atoms with E-state index in [1.807, 2.05) is 24.3 Å². The zero-order valence-electron chi connectivity index (χ0n) is 8.71. The number of rotatable bonds is 3. The lowest BCUT2D eigenvalue weighted by Gasteiger charge is -2.14. The van der Waals surface area contributed by atoms with Crippen LogP contribution in [0.3, 0.4) is 0 Å². The van der Waals surface area contributed by atoms with Crippen molar-refractivity contribution < 1.29 is 4.42 Å². The average Bonchev–Trinajstić information content (AvgIpc) is 2.75. The fourth-order valence-corrected chi connectivity index (χ4v) is 2.35. The van der Waals surface area contributed by atoms with E-state index in [1.165, 1.54) is 0 Å². The van der Waals surface area contributed by atoms with E-state index < -0.39 is 0 Å². The minimum absolute atomic E-state index is 0.177. The lowest BCUT2D eigenvalue weighted by atomic mass is 10.1. The molecule has 0 radical (unpaired) electrons. The standard InChI is InChI=1S/C12H11ClINO/c1-8(9-4-5-16-7-9)15-12-3-2-10(14)6-11(12)13/h2-8,15H,1H3. The van der Waals surface area contributed by atoms with Crippen LogP contribution in [0.5, 0.6) is 0 Å². The van der Waals surface area contributed by atoms with Crippen LogP contribution in [0.25, 0.3) is 0 Å². The van der Waals surface area contributed by atoms with Crippen molar-refractivity contribution in [2.24, 2.45) is 0 Å². The molecule has 16 heavy (non-hydrogen) atoms. The van der Waals surface area contributed by atoms with E-state index >= 15 is 0 Å². The number of hydrogen-bond donors (Lipinski definition) is 1. The highest BCUT2D eigenvalue weighted by molar-refractivity contribution is 14.1. The molecule has 1 unspecified atom stereocenters. The van der Waals surface area contributed by atoms with Crippen LogP contribution in [0.2, 0.25) is 5.02 Å². The summed E-state index contributed by atoms with van der Waals surface area (Å²) < 4.78 is 6.18. The number of furan rings is 1. The summed E-state index contributed by atoms with van der Waals surface area (Å²) in [6.07, 6.45) is 3.40. The van der Waals surface area contributed by atoms with E-state index in [1.54, 1.807) is 12.5 Å². The second-order valence-electron chi connectivity index (χ2n) is 3.55. The van der Waals surface area contributed by atoms with Gasteiger partial charge in [0.05, 0.1) is 29.3 Å². The highest BCUT2D eigenvalue weighted by Crippen LogP contribution is 2.27. The zero-order chi connectivity index (χ0) is 11.5. The molecule has 1 N–H and O–H groups in total. The van der Waals surface area contributed by atoms with Gasteiger partial charge in [-0.2, -0.15) is 0 Å². The van der Waals surface area contributed by atoms with Gasteiger partial charge in [0.2, 0.25) is 0 Å². The Morgan fingerprint density at radius 3 is 2.81 bits per heavy atom. The lowest BCUT2D eigenvalue weighted by molar-refractivity contribution is 0.562. The molecular formula is C12H11ClINO. The third kappa shape index (κ3) is 2.71. The van der Waals surface area contributed by atoms with Crippen LogP contribution in [0.4, 0.5) is 5.69 Å². The lowest BCUT2D eigenvalue weighted by Crippen LogP contribution is -2.05. The van der Waals surface area contributed by atoms with Crippen molar-refractivity contribution in [1.82, 2.24) is 0 Å². The molecule has 0 saturated heterocycles. The summed E-state index contributed by atoms with van der Waals surface area (Å²) in [4.78, 5) is 0. The molecule has 1 atom stereocenters. The summed E-state index contributed by atoms with van der Waals surface area (Å²) in [7, 11) is 0. The first-order chi connectivity index (χ1) is 7.66. The Morgan fingerprint density at radius 1 is 1.38 bits per heavy atom. The molecule has 0 spiro atoms. The molecule has 0 bridgehead atoms. The minimum atomic E-state index is 0.177. The van der Waals surface area contributed by atoms with Gasteiger partial charge in [-0.1, -0.05) is 11.6 Å². The maximum absolute atomic E-state index is 6.14. The van der Waals surface area contributed by atoms with Gasteiger partial charge in [0, 0.05) is 9.13 Å². The first-order valence-electron chi connectivity index (χ1n) is 4.90. The molecule has 0 aliphatic carbocycles. The third-order valence-electron chi connectivity index (χ3n) is 2.35. The molecule has 0 aliphatic heterocycles. The van der Waals surface area contributed by atoms with Crippen LogP contribution < -0.4 is 5.32 Å². The molecule has 0 saturated carbocycles. The number of halogens is 2. The Labute approximate surface area is 113 Å². The second kappa shape index (κ2) is 5.10. The minimum Gasteiger partial charge on any atom is -0.472 e. The maximum atomic E-state index is 6.14. The van der Waals surface area contributed by atoms with Gasteiger partial charge in [-0.05, 0) is 53.8 Å². The van der Waals surface area contributed by atoms with Gasteiger partial charge in [0.1, 0.15) is 0 Å². The monoisotopic (exact) mass is 347 g/mol. The molecule has 1 heterocycles. The van der Waals surface area contributed by atoms with Crippen LogP contribution in [0.1, 0.15) is 18.5 Å². The highest BCUT2D eigenvalue weighted by atomic mass is 127. The molecular weight excluding hydrogens is 336 g/mol. The van der Waals surface area contributed by atoms with E-state index in [0.29, 0.717) is 0 Å². The number of hydrogen-bond acceptors (Lipinski definition) is 2. The molecule has 4 heteroatoms. The van der Waals surface area contributed by atoms with Crippen molar-refractivity contribution in [3.05, 3.63) is 50.9 Å². The van der Waals surface area contributed by atoms with Crippen LogP contribution >= 0.6 is 34.2 Å². The van der Waals surface area contributed by atoms with Crippen molar-refractivity contribution in [3.8, 4) is 0 Å². The zero-order valence-corrected chi connectivity index (χ0v) is 11.6. The topological polar surface area (TPSA) is 25.2 Å². The Bertz CT molecular complexity index is 470. The van der Waals surface area contributed by atoms with Crippen molar-refractivity contribution >= 4 is 39.9 Å². The van der Waals surface area contributed by atoms with Crippen LogP contribution in [-0.4, -0.2) is 0 Å². The Morgan fingerprint density at radius 2 is 2.19 bits per heavy atom. The first-order valence-corrected chi connectivity index (χ1v) is 6.36. The molecule has 84 valence electrons. The quantitative estimate of drug-likeness (QED) is 0.813. The fraction of sp³-hybridized carbons (Fsp3) is 0.167. The largest absolute Gasteiger partial charge is 0.472 e. The number of nitrogens with one attached hydrogen (secondary N) is 1. The molecule has 2 aromatic rings. The van der Waals surface area contributed by atoms with E-state index in [9.17, 15) is 0 Å². The number of benzene rings is 1. The predicted octanol–water partition coefficient (Wildman–Crippen LogP) is 4.71. The molecule has 2 nitrogen and oxygen atoms in total. The van der Waals surface area contributed by atoms with Gasteiger partial charge in [-0.25, -0.2) is 0 Å². The van der Waals surface area contributed by atoms with Gasteiger partial charge >= 0.3 is 0 Å². The fourth-order valence-electron chi connectivity index (χ4n) is 1.44. The van der Waals surface area contributed by atoms with Crippen LogP contribution in [0.15, 0.2) is 41.2 Å². The van der Waals surface area contributed by atoms with Gasteiger partial charge < -0.3 is 9.73 Å². The SMILES string of the molecule is CC(Nc1ccc(I)cc1Cl)c1ccoc1. The summed E-state index contributed by atoms with van der Waals surface area (Å²) in [6, 6.07) is 8.07. The van der Waals surface area contributed by atoms with E-state index in [-0.39, 0.29) is 6.04 Å². The van der Waals surface area contributed by atoms with Crippen molar-refractivity contribution in [3.63, 3.8) is 0 Å². The Kier molecular flexibility index (Phi) is 3.76. The van der Waals surface area contributed by atoms with Gasteiger partial charge in [-0.3, -0.25) is 0 Å². The van der Waals surface area contributed by atoms with Crippen molar-refractivity contribution in [1.29, 1.82) is 0 Å². The van der Waals surface area contributed by atoms with Crippen LogP contribution in [0, 0.1) is 3.57 Å². The Hall–Kier alpha value is -0.680. The van der Waals surface area contributed by atoms with Gasteiger partial charge in [-0.15, -0.1) is 0 Å². The third-order valence-corrected chi connectivity index (χ3v) is 3.33. The van der Waals surface area contributed by atoms with Gasteiger partial charge in [0.25, 0.3) is 0 Å². The second-order valence-corrected chi connectivity index (χ2v) is 5.20. The van der Waals surface area contributed by atoms with E-state index in [4.69, 9.17) is 16.0 Å². The molecule has 1 aromatic carbocycles. The van der Waals surface area contributed by atoms with Crippen molar-refractivity contribution in [2.75, 3.05) is 5.32 Å². The summed E-state index contributed by atoms with van der Waals surface area (Å²) in [5.74, 6) is 0. The number of anilines is 1. The predicted molar refractivity (Wildman–Crippen MR) is 74.9 cm³/mol. The van der Waals surface area contributed by atoms with Crippen molar-refractivity contribution in [2.45, 2.75) is 13.0 Å². The Balaban J connectivity index is 2.15. The average molecular weight is 348 g/mol. The molecule has 1 aromatic heterocycles. The first kappa shape index (κ1) is 11.8. The van der Waals surface area contributed by atoms with E-state index in [2.05, 4.69) is 34.8 Å². The summed E-state index contributed by atoms with van der Waals surface area (Å²) in [6.45, 7) is 2.07. The normalized spacial score (nSPS) is 12.4. The molecule has 2 rings (SSSR count). The molecule has 0 aliphatic rings. The molecule has 0 fully saturated rings. The smallest absolute Gasteiger partial charge is 0.0955 e. The summed E-state index contributed by atoms with van der Waals surface area (Å²) >= 11 is 8.38. The van der Waals surface area contributed by atoms with E-state index in [0.717, 1.165) is 19.8 Å². The maximum Gasteiger partial charge on any atom is 0.0955 e. The van der Waals surface area contributed by atoms with Gasteiger partial charge in [0.15, 0.2) is 0 Å². The summed E-state index contributed by atoms with van der Waals surface area (Å²) in [5, 5.41) is 4.08. The van der Waals surface area contributed by atoms with Crippen LogP contribution in [-0.2, 0) is 0 Å².